The summed E-state index contributed by atoms with van der Waals surface area (Å²) in [6, 6.07) is 10.3. The van der Waals surface area contributed by atoms with Gasteiger partial charge < -0.3 is 0 Å². The minimum absolute atomic E-state index is 0.820. The molecule has 0 saturated heterocycles. The molecular weight excluding hydrogens is 218 g/mol. The molecule has 2 rings (SSSR count). The summed E-state index contributed by atoms with van der Waals surface area (Å²) in [6.45, 7) is 4.07. The molecule has 0 aliphatic carbocycles. The summed E-state index contributed by atoms with van der Waals surface area (Å²) >= 11 is 5.99. The zero-order chi connectivity index (χ0) is 11.5. The summed E-state index contributed by atoms with van der Waals surface area (Å²) in [7, 11) is 0. The maximum absolute atomic E-state index is 5.99. The molecule has 0 atom stereocenters. The fraction of sp³-hybridized carbons (Fsp3) is 0.214. The van der Waals surface area contributed by atoms with E-state index in [2.05, 4.69) is 29.2 Å². The molecule has 16 heavy (non-hydrogen) atoms. The van der Waals surface area contributed by atoms with Crippen LogP contribution in [0.1, 0.15) is 22.4 Å². The first-order chi connectivity index (χ1) is 7.65. The standard InChI is InChI=1S/C14H14ClN/c1-10-3-5-13(16-9-10)8-12-4-6-14(15)11(2)7-12/h3-7,9H,8H2,1-2H3. The highest BCUT2D eigenvalue weighted by molar-refractivity contribution is 6.31. The number of rotatable bonds is 2. The van der Waals surface area contributed by atoms with Crippen molar-refractivity contribution in [2.24, 2.45) is 0 Å². The van der Waals surface area contributed by atoms with Crippen LogP contribution >= 0.6 is 11.6 Å². The molecule has 2 aromatic rings. The predicted molar refractivity (Wildman–Crippen MR) is 68.0 cm³/mol. The zero-order valence-corrected chi connectivity index (χ0v) is 10.3. The average molecular weight is 232 g/mol. The largest absolute Gasteiger partial charge is 0.261 e. The maximum atomic E-state index is 5.99. The Morgan fingerprint density at radius 3 is 2.56 bits per heavy atom. The van der Waals surface area contributed by atoms with E-state index in [4.69, 9.17) is 11.6 Å². The van der Waals surface area contributed by atoms with E-state index in [1.54, 1.807) is 0 Å². The van der Waals surface area contributed by atoms with Crippen LogP contribution in [0.15, 0.2) is 36.5 Å². The third kappa shape index (κ3) is 2.61. The summed E-state index contributed by atoms with van der Waals surface area (Å²) in [5, 5.41) is 0.820. The SMILES string of the molecule is Cc1ccc(Cc2ccc(Cl)c(C)c2)nc1. The highest BCUT2D eigenvalue weighted by Gasteiger charge is 2.00. The lowest BCUT2D eigenvalue weighted by molar-refractivity contribution is 1.06. The molecule has 0 spiro atoms. The van der Waals surface area contributed by atoms with Gasteiger partial charge in [0.2, 0.25) is 0 Å². The van der Waals surface area contributed by atoms with E-state index in [0.717, 1.165) is 22.7 Å². The topological polar surface area (TPSA) is 12.9 Å². The van der Waals surface area contributed by atoms with Gasteiger partial charge in [-0.2, -0.15) is 0 Å². The van der Waals surface area contributed by atoms with Crippen LogP contribution in [-0.4, -0.2) is 4.98 Å². The van der Waals surface area contributed by atoms with Crippen molar-refractivity contribution in [3.63, 3.8) is 0 Å². The van der Waals surface area contributed by atoms with Gasteiger partial charge in [-0.25, -0.2) is 0 Å². The molecule has 0 radical (unpaired) electrons. The summed E-state index contributed by atoms with van der Waals surface area (Å²) in [5.41, 5.74) is 4.65. The van der Waals surface area contributed by atoms with Crippen molar-refractivity contribution in [1.82, 2.24) is 4.98 Å². The fourth-order valence-electron chi connectivity index (χ4n) is 1.63. The highest BCUT2D eigenvalue weighted by atomic mass is 35.5. The molecule has 0 saturated carbocycles. The van der Waals surface area contributed by atoms with E-state index < -0.39 is 0 Å². The Bertz CT molecular complexity index is 489. The van der Waals surface area contributed by atoms with Crippen LogP contribution in [0.25, 0.3) is 0 Å². The molecule has 0 unspecified atom stereocenters. The number of nitrogens with zero attached hydrogens (tertiary/aromatic N) is 1. The molecule has 1 heterocycles. The Balaban J connectivity index is 2.20. The molecule has 82 valence electrons. The Kier molecular flexibility index (Phi) is 3.25. The minimum atomic E-state index is 0.820. The molecule has 1 aromatic heterocycles. The first-order valence-corrected chi connectivity index (χ1v) is 5.69. The lowest BCUT2D eigenvalue weighted by atomic mass is 10.1. The van der Waals surface area contributed by atoms with Crippen molar-refractivity contribution in [3.05, 3.63) is 63.9 Å². The third-order valence-corrected chi connectivity index (χ3v) is 3.00. The Labute approximate surface area is 101 Å². The van der Waals surface area contributed by atoms with Crippen LogP contribution in [0.5, 0.6) is 0 Å². The van der Waals surface area contributed by atoms with Gasteiger partial charge in [-0.05, 0) is 42.7 Å². The van der Waals surface area contributed by atoms with Crippen LogP contribution in [0, 0.1) is 13.8 Å². The van der Waals surface area contributed by atoms with Gasteiger partial charge in [0.15, 0.2) is 0 Å². The molecule has 0 amide bonds. The molecule has 2 heteroatoms. The number of benzene rings is 1. The summed E-state index contributed by atoms with van der Waals surface area (Å²) in [6.07, 6.45) is 2.76. The van der Waals surface area contributed by atoms with Crippen LogP contribution in [0.4, 0.5) is 0 Å². The second kappa shape index (κ2) is 4.67. The van der Waals surface area contributed by atoms with E-state index in [0.29, 0.717) is 0 Å². The first-order valence-electron chi connectivity index (χ1n) is 5.32. The number of hydrogen-bond donors (Lipinski definition) is 0. The van der Waals surface area contributed by atoms with Crippen molar-refractivity contribution in [3.8, 4) is 0 Å². The van der Waals surface area contributed by atoms with Crippen LogP contribution in [0.3, 0.4) is 0 Å². The monoisotopic (exact) mass is 231 g/mol. The summed E-state index contributed by atoms with van der Waals surface area (Å²) < 4.78 is 0. The number of halogens is 1. The van der Waals surface area contributed by atoms with Gasteiger partial charge in [-0.15, -0.1) is 0 Å². The lowest BCUT2D eigenvalue weighted by Crippen LogP contribution is -1.92. The van der Waals surface area contributed by atoms with E-state index in [1.807, 2.05) is 26.1 Å². The highest BCUT2D eigenvalue weighted by Crippen LogP contribution is 2.18. The van der Waals surface area contributed by atoms with Gasteiger partial charge in [0.1, 0.15) is 0 Å². The molecule has 0 N–H and O–H groups in total. The third-order valence-electron chi connectivity index (χ3n) is 2.58. The lowest BCUT2D eigenvalue weighted by Gasteiger charge is -2.04. The second-order valence-corrected chi connectivity index (χ2v) is 4.49. The minimum Gasteiger partial charge on any atom is -0.261 e. The van der Waals surface area contributed by atoms with Gasteiger partial charge in [0.05, 0.1) is 0 Å². The smallest absolute Gasteiger partial charge is 0.0447 e. The normalized spacial score (nSPS) is 10.4. The fourth-order valence-corrected chi connectivity index (χ4v) is 1.75. The number of pyridine rings is 1. The van der Waals surface area contributed by atoms with Crippen LogP contribution in [0.2, 0.25) is 5.02 Å². The number of hydrogen-bond acceptors (Lipinski definition) is 1. The molecule has 1 aromatic carbocycles. The van der Waals surface area contributed by atoms with Crippen LogP contribution in [-0.2, 0) is 6.42 Å². The number of aryl methyl sites for hydroxylation is 2. The predicted octanol–water partition coefficient (Wildman–Crippen LogP) is 3.94. The second-order valence-electron chi connectivity index (χ2n) is 4.09. The quantitative estimate of drug-likeness (QED) is 0.763. The maximum Gasteiger partial charge on any atom is 0.0447 e. The Morgan fingerprint density at radius 2 is 1.94 bits per heavy atom. The van der Waals surface area contributed by atoms with Crippen molar-refractivity contribution in [2.45, 2.75) is 20.3 Å². The van der Waals surface area contributed by atoms with Gasteiger partial charge in [-0.3, -0.25) is 4.98 Å². The molecule has 1 nitrogen and oxygen atoms in total. The van der Waals surface area contributed by atoms with Crippen LogP contribution < -0.4 is 0 Å². The van der Waals surface area contributed by atoms with Crippen molar-refractivity contribution in [2.75, 3.05) is 0 Å². The van der Waals surface area contributed by atoms with Gasteiger partial charge >= 0.3 is 0 Å². The van der Waals surface area contributed by atoms with Gasteiger partial charge in [0, 0.05) is 23.3 Å². The Hall–Kier alpha value is -1.34. The van der Waals surface area contributed by atoms with E-state index in [-0.39, 0.29) is 0 Å². The van der Waals surface area contributed by atoms with E-state index in [1.165, 1.54) is 11.1 Å². The van der Waals surface area contributed by atoms with E-state index in [9.17, 15) is 0 Å². The molecule has 0 aliphatic rings. The molecule has 0 aliphatic heterocycles. The molecule has 0 bridgehead atoms. The van der Waals surface area contributed by atoms with Gasteiger partial charge in [0.25, 0.3) is 0 Å². The molecular formula is C14H14ClN. The first kappa shape index (κ1) is 11.2. The summed E-state index contributed by atoms with van der Waals surface area (Å²) in [5.74, 6) is 0. The van der Waals surface area contributed by atoms with Crippen molar-refractivity contribution < 1.29 is 0 Å². The Morgan fingerprint density at radius 1 is 1.12 bits per heavy atom. The van der Waals surface area contributed by atoms with E-state index >= 15 is 0 Å². The summed E-state index contributed by atoms with van der Waals surface area (Å²) in [4.78, 5) is 4.39. The van der Waals surface area contributed by atoms with Crippen molar-refractivity contribution >= 4 is 11.6 Å². The van der Waals surface area contributed by atoms with Gasteiger partial charge in [-0.1, -0.05) is 29.8 Å². The number of aromatic nitrogens is 1. The van der Waals surface area contributed by atoms with Crippen molar-refractivity contribution in [1.29, 1.82) is 0 Å². The molecule has 0 fully saturated rings. The zero-order valence-electron chi connectivity index (χ0n) is 9.50. The average Bonchev–Trinajstić information content (AvgIpc) is 2.27.